The number of hydrogen-bond donors (Lipinski definition) is 1. The smallest absolute Gasteiger partial charge is 0.162 e. The molecule has 4 rings (SSSR count). The summed E-state index contributed by atoms with van der Waals surface area (Å²) in [6, 6.07) is 0. The van der Waals surface area contributed by atoms with Crippen LogP contribution in [-0.2, 0) is 4.79 Å². The zero-order chi connectivity index (χ0) is 18.9. The third-order valence-electron chi connectivity index (χ3n) is 9.03. The maximum atomic E-state index is 13.5. The molecule has 0 spiro atoms. The number of rotatable bonds is 0. The topological polar surface area (TPSA) is 41.7 Å². The molecule has 0 unspecified atom stereocenters. The van der Waals surface area contributed by atoms with Crippen molar-refractivity contribution in [1.29, 1.82) is 0 Å². The first-order valence-corrected chi connectivity index (χ1v) is 10.5. The molecule has 0 aromatic carbocycles. The summed E-state index contributed by atoms with van der Waals surface area (Å²) in [6.45, 7) is 16.0. The van der Waals surface area contributed by atoms with E-state index >= 15 is 0 Å². The Morgan fingerprint density at radius 3 is 2.62 bits per heavy atom. The van der Waals surface area contributed by atoms with Gasteiger partial charge < -0.3 is 5.11 Å². The van der Waals surface area contributed by atoms with Crippen LogP contribution >= 0.6 is 0 Å². The number of ketones is 1. The molecule has 0 aliphatic heterocycles. The Labute approximate surface area is 158 Å². The third-order valence-corrected chi connectivity index (χ3v) is 9.03. The summed E-state index contributed by atoms with van der Waals surface area (Å²) < 4.78 is 0. The molecule has 142 valence electrons. The number of nitrogens with zero attached hydrogens (tertiary/aromatic N) is 1. The minimum Gasteiger partial charge on any atom is -0.390 e. The van der Waals surface area contributed by atoms with Crippen LogP contribution in [-0.4, -0.2) is 16.5 Å². The fourth-order valence-corrected chi connectivity index (χ4v) is 7.73. The lowest BCUT2D eigenvalue weighted by Crippen LogP contribution is -2.58. The first-order valence-electron chi connectivity index (χ1n) is 10.5. The molecule has 0 amide bonds. The normalized spacial score (nSPS) is 52.5. The number of Topliss-reactive ketones (excluding diaryl/α,β-unsaturated/α-hetero) is 1. The summed E-state index contributed by atoms with van der Waals surface area (Å²) in [7, 11) is 0. The molecule has 0 saturated heterocycles. The molecule has 3 heteroatoms. The Bertz CT molecular complexity index is 714. The van der Waals surface area contributed by atoms with Crippen LogP contribution in [0.4, 0.5) is 0 Å². The number of hydrogen-bond acceptors (Lipinski definition) is 2. The largest absolute Gasteiger partial charge is 0.390 e. The molecule has 0 heterocycles. The van der Waals surface area contributed by atoms with E-state index in [2.05, 4.69) is 18.7 Å². The first kappa shape index (κ1) is 18.2. The highest BCUT2D eigenvalue weighted by Gasteiger charge is 2.62. The Balaban J connectivity index is 1.71. The van der Waals surface area contributed by atoms with E-state index in [0.29, 0.717) is 30.0 Å². The van der Waals surface area contributed by atoms with Crippen molar-refractivity contribution >= 4 is 5.78 Å². The van der Waals surface area contributed by atoms with Crippen LogP contribution in [0, 0.1) is 41.1 Å². The third kappa shape index (κ3) is 2.37. The van der Waals surface area contributed by atoms with Crippen molar-refractivity contribution < 1.29 is 9.90 Å². The van der Waals surface area contributed by atoms with E-state index in [1.807, 2.05) is 13.8 Å². The van der Waals surface area contributed by atoms with E-state index in [4.69, 9.17) is 6.57 Å². The molecule has 0 aromatic heterocycles. The summed E-state index contributed by atoms with van der Waals surface area (Å²) in [5.41, 5.74) is 1.51. The first-order chi connectivity index (χ1) is 12.1. The van der Waals surface area contributed by atoms with E-state index in [0.717, 1.165) is 50.6 Å². The van der Waals surface area contributed by atoms with Gasteiger partial charge in [-0.05, 0) is 87.4 Å². The second-order valence-corrected chi connectivity index (χ2v) is 10.5. The summed E-state index contributed by atoms with van der Waals surface area (Å²) in [6.07, 6.45) is 7.69. The maximum Gasteiger partial charge on any atom is 0.162 e. The molecule has 0 bridgehead atoms. The summed E-state index contributed by atoms with van der Waals surface area (Å²) >= 11 is 0. The van der Waals surface area contributed by atoms with Crippen molar-refractivity contribution in [2.45, 2.75) is 84.7 Å². The van der Waals surface area contributed by atoms with Crippen molar-refractivity contribution in [3.05, 3.63) is 22.7 Å². The van der Waals surface area contributed by atoms with Crippen LogP contribution in [0.5, 0.6) is 0 Å². The van der Waals surface area contributed by atoms with Gasteiger partial charge in [-0.15, -0.1) is 0 Å². The van der Waals surface area contributed by atoms with Gasteiger partial charge in [0, 0.05) is 12.3 Å². The second-order valence-electron chi connectivity index (χ2n) is 10.5. The van der Waals surface area contributed by atoms with Crippen LogP contribution in [0.15, 0.2) is 11.3 Å². The fraction of sp³-hybridized carbons (Fsp3) is 0.826. The van der Waals surface area contributed by atoms with Crippen molar-refractivity contribution in [3.8, 4) is 0 Å². The van der Waals surface area contributed by atoms with E-state index in [-0.39, 0.29) is 16.7 Å². The van der Waals surface area contributed by atoms with Crippen LogP contribution < -0.4 is 0 Å². The highest BCUT2D eigenvalue weighted by atomic mass is 16.3. The van der Waals surface area contributed by atoms with Crippen LogP contribution in [0.2, 0.25) is 0 Å². The van der Waals surface area contributed by atoms with Gasteiger partial charge in [0.25, 0.3) is 0 Å². The quantitative estimate of drug-likeness (QED) is 0.610. The zero-order valence-corrected chi connectivity index (χ0v) is 16.8. The lowest BCUT2D eigenvalue weighted by molar-refractivity contribution is -0.163. The standard InChI is InChI=1S/C23H33NO2/c1-14(24-5)17-8-9-18-16-7-6-15-12-21(2,26)10-11-22(15,3)20(16)19(25)13-23(17,18)4/h15-16,18,20,26H,6-13H2,1-4H3/b17-14-/t15-,16+,18+,20-,21-,22+,23-/m1/s1. The summed E-state index contributed by atoms with van der Waals surface area (Å²) in [5, 5.41) is 10.6. The molecular formula is C23H33NO2. The van der Waals surface area contributed by atoms with Crippen LogP contribution in [0.25, 0.3) is 4.85 Å². The van der Waals surface area contributed by atoms with E-state index < -0.39 is 5.60 Å². The zero-order valence-electron chi connectivity index (χ0n) is 16.8. The Morgan fingerprint density at radius 1 is 1.19 bits per heavy atom. The lowest BCUT2D eigenvalue weighted by atomic mass is 9.44. The van der Waals surface area contributed by atoms with Crippen LogP contribution in [0.3, 0.4) is 0 Å². The average molecular weight is 356 g/mol. The van der Waals surface area contributed by atoms with E-state index in [1.54, 1.807) is 0 Å². The predicted octanol–water partition coefficient (Wildman–Crippen LogP) is 5.15. The molecule has 4 aliphatic rings. The molecule has 4 fully saturated rings. The summed E-state index contributed by atoms with van der Waals surface area (Å²) in [5.74, 6) is 2.11. The molecule has 0 radical (unpaired) electrons. The molecule has 4 saturated carbocycles. The number of allylic oxidation sites excluding steroid dienone is 2. The summed E-state index contributed by atoms with van der Waals surface area (Å²) in [4.78, 5) is 17.2. The minimum absolute atomic E-state index is 0.0604. The molecule has 7 atom stereocenters. The number of aliphatic hydroxyl groups is 1. The number of fused-ring (bicyclic) bond motifs is 5. The fourth-order valence-electron chi connectivity index (χ4n) is 7.73. The minimum atomic E-state index is -0.556. The average Bonchev–Trinajstić information content (AvgIpc) is 2.91. The molecular weight excluding hydrogens is 322 g/mol. The van der Waals surface area contributed by atoms with Gasteiger partial charge in [0.05, 0.1) is 12.2 Å². The molecule has 1 N–H and O–H groups in total. The van der Waals surface area contributed by atoms with Gasteiger partial charge in [0.15, 0.2) is 5.70 Å². The van der Waals surface area contributed by atoms with Crippen LogP contribution in [0.1, 0.15) is 79.1 Å². The maximum absolute atomic E-state index is 13.5. The predicted molar refractivity (Wildman–Crippen MR) is 102 cm³/mol. The Morgan fingerprint density at radius 2 is 1.92 bits per heavy atom. The van der Waals surface area contributed by atoms with E-state index in [1.165, 1.54) is 5.57 Å². The van der Waals surface area contributed by atoms with Gasteiger partial charge in [-0.3, -0.25) is 4.79 Å². The van der Waals surface area contributed by atoms with Gasteiger partial charge in [-0.2, -0.15) is 0 Å². The number of carbonyl (C=O) groups excluding carboxylic acids is 1. The van der Waals surface area contributed by atoms with Crippen molar-refractivity contribution in [2.24, 2.45) is 34.5 Å². The van der Waals surface area contributed by atoms with Gasteiger partial charge in [-0.1, -0.05) is 19.4 Å². The highest BCUT2D eigenvalue weighted by molar-refractivity contribution is 5.85. The molecule has 4 aliphatic carbocycles. The van der Waals surface area contributed by atoms with Gasteiger partial charge in [-0.25, -0.2) is 4.85 Å². The van der Waals surface area contributed by atoms with Crippen molar-refractivity contribution in [2.75, 3.05) is 0 Å². The monoisotopic (exact) mass is 355 g/mol. The molecule has 0 aromatic rings. The van der Waals surface area contributed by atoms with E-state index in [9.17, 15) is 9.90 Å². The SMILES string of the molecule is [C-]#[N+]/C(C)=C1/CC[C@H]2[C@@H]3CC[C@@H]4C[C@](C)(O)CC[C@]4(C)[C@H]3C(=O)C[C@]12C. The number of carbonyl (C=O) groups is 1. The molecule has 26 heavy (non-hydrogen) atoms. The second kappa shape index (κ2) is 5.68. The Kier molecular flexibility index (Phi) is 3.98. The Hall–Kier alpha value is -1.14. The van der Waals surface area contributed by atoms with Crippen molar-refractivity contribution in [1.82, 2.24) is 0 Å². The van der Waals surface area contributed by atoms with Gasteiger partial charge in [0.2, 0.25) is 0 Å². The lowest BCUT2D eigenvalue weighted by Gasteiger charge is -2.60. The highest BCUT2D eigenvalue weighted by Crippen LogP contribution is 2.67. The molecule has 3 nitrogen and oxygen atoms in total. The van der Waals surface area contributed by atoms with Gasteiger partial charge >= 0.3 is 0 Å². The van der Waals surface area contributed by atoms with Gasteiger partial charge in [0.1, 0.15) is 5.78 Å². The van der Waals surface area contributed by atoms with Crippen molar-refractivity contribution in [3.63, 3.8) is 0 Å².